The van der Waals surface area contributed by atoms with Crippen LogP contribution in [0.15, 0.2) is 6.33 Å². The van der Waals surface area contributed by atoms with Gasteiger partial charge < -0.3 is 0 Å². The lowest BCUT2D eigenvalue weighted by molar-refractivity contribution is -0.122. The van der Waals surface area contributed by atoms with E-state index < -0.39 is 0 Å². The standard InChI is InChI=1S/C12H19N3O/c1-3-9-4-5-10(6-9)11(16)7-12-13-8-14-15(12)2/h8-10H,3-7H2,1-2H3. The maximum Gasteiger partial charge on any atom is 0.143 e. The van der Waals surface area contributed by atoms with Gasteiger partial charge in [-0.1, -0.05) is 13.3 Å². The molecule has 16 heavy (non-hydrogen) atoms. The van der Waals surface area contributed by atoms with E-state index in [1.54, 1.807) is 4.68 Å². The molecule has 1 aromatic heterocycles. The van der Waals surface area contributed by atoms with Crippen LogP contribution in [-0.4, -0.2) is 20.5 Å². The van der Waals surface area contributed by atoms with Gasteiger partial charge in [0.15, 0.2) is 0 Å². The number of carbonyl (C=O) groups is 1. The molecule has 1 aliphatic carbocycles. The van der Waals surface area contributed by atoms with E-state index >= 15 is 0 Å². The Morgan fingerprint density at radius 1 is 1.56 bits per heavy atom. The van der Waals surface area contributed by atoms with Crippen LogP contribution in [0.4, 0.5) is 0 Å². The number of nitrogens with zero attached hydrogens (tertiary/aromatic N) is 3. The quantitative estimate of drug-likeness (QED) is 0.778. The Hall–Kier alpha value is -1.19. The van der Waals surface area contributed by atoms with E-state index in [1.165, 1.54) is 19.2 Å². The molecule has 88 valence electrons. The summed E-state index contributed by atoms with van der Waals surface area (Å²) in [6.07, 6.45) is 6.51. The molecule has 0 aromatic carbocycles. The van der Waals surface area contributed by atoms with Gasteiger partial charge in [-0.25, -0.2) is 4.98 Å². The third-order valence-corrected chi connectivity index (χ3v) is 3.71. The van der Waals surface area contributed by atoms with Crippen LogP contribution in [0.2, 0.25) is 0 Å². The number of ketones is 1. The van der Waals surface area contributed by atoms with Crippen LogP contribution in [0.1, 0.15) is 38.4 Å². The molecule has 2 unspecified atom stereocenters. The topological polar surface area (TPSA) is 47.8 Å². The van der Waals surface area contributed by atoms with Crippen molar-refractivity contribution in [3.63, 3.8) is 0 Å². The molecule has 1 fully saturated rings. The summed E-state index contributed by atoms with van der Waals surface area (Å²) in [7, 11) is 1.83. The number of hydrogen-bond donors (Lipinski definition) is 0. The molecule has 0 bridgehead atoms. The van der Waals surface area contributed by atoms with Gasteiger partial charge in [0.2, 0.25) is 0 Å². The minimum Gasteiger partial charge on any atom is -0.299 e. The molecule has 0 N–H and O–H groups in total. The predicted molar refractivity (Wildman–Crippen MR) is 60.8 cm³/mol. The molecule has 4 heteroatoms. The smallest absolute Gasteiger partial charge is 0.143 e. The maximum atomic E-state index is 12.0. The monoisotopic (exact) mass is 221 g/mol. The minimum absolute atomic E-state index is 0.265. The lowest BCUT2D eigenvalue weighted by Crippen LogP contribution is -2.16. The molecule has 0 saturated heterocycles. The predicted octanol–water partition coefficient (Wildman–Crippen LogP) is 1.75. The number of aryl methyl sites for hydroxylation is 1. The van der Waals surface area contributed by atoms with Gasteiger partial charge in [-0.05, 0) is 25.2 Å². The normalized spacial score (nSPS) is 24.9. The molecular weight excluding hydrogens is 202 g/mol. The number of carbonyl (C=O) groups excluding carboxylic acids is 1. The molecule has 4 nitrogen and oxygen atoms in total. The highest BCUT2D eigenvalue weighted by atomic mass is 16.1. The van der Waals surface area contributed by atoms with Gasteiger partial charge in [-0.15, -0.1) is 0 Å². The first-order valence-electron chi connectivity index (χ1n) is 6.06. The number of rotatable bonds is 4. The number of Topliss-reactive ketones (excluding diaryl/α,β-unsaturated/α-hetero) is 1. The van der Waals surface area contributed by atoms with Crippen LogP contribution < -0.4 is 0 Å². The van der Waals surface area contributed by atoms with Crippen LogP contribution in [0, 0.1) is 11.8 Å². The third kappa shape index (κ3) is 2.31. The van der Waals surface area contributed by atoms with Crippen LogP contribution in [0.5, 0.6) is 0 Å². The van der Waals surface area contributed by atoms with Gasteiger partial charge >= 0.3 is 0 Å². The first-order chi connectivity index (χ1) is 7.70. The molecule has 1 aliphatic rings. The van der Waals surface area contributed by atoms with Gasteiger partial charge in [0.05, 0.1) is 6.42 Å². The van der Waals surface area contributed by atoms with E-state index in [4.69, 9.17) is 0 Å². The van der Waals surface area contributed by atoms with Gasteiger partial charge in [0.25, 0.3) is 0 Å². The summed E-state index contributed by atoms with van der Waals surface area (Å²) in [5.41, 5.74) is 0. The molecule has 1 aromatic rings. The van der Waals surface area contributed by atoms with Crippen LogP contribution in [0.25, 0.3) is 0 Å². The SMILES string of the molecule is CCC1CCC(C(=O)Cc2ncnn2C)C1. The Morgan fingerprint density at radius 3 is 2.94 bits per heavy atom. The second-order valence-electron chi connectivity index (χ2n) is 4.73. The fourth-order valence-corrected chi connectivity index (χ4v) is 2.52. The van der Waals surface area contributed by atoms with Crippen molar-refractivity contribution in [3.8, 4) is 0 Å². The van der Waals surface area contributed by atoms with Crippen LogP contribution in [-0.2, 0) is 18.3 Å². The Balaban J connectivity index is 1.92. The first kappa shape index (κ1) is 11.3. The second-order valence-corrected chi connectivity index (χ2v) is 4.73. The largest absolute Gasteiger partial charge is 0.299 e. The molecular formula is C12H19N3O. The van der Waals surface area contributed by atoms with Crippen molar-refractivity contribution >= 4 is 5.78 Å². The van der Waals surface area contributed by atoms with E-state index in [9.17, 15) is 4.79 Å². The summed E-state index contributed by atoms with van der Waals surface area (Å²) in [6, 6.07) is 0. The summed E-state index contributed by atoms with van der Waals surface area (Å²) in [6.45, 7) is 2.21. The van der Waals surface area contributed by atoms with Crippen molar-refractivity contribution in [1.82, 2.24) is 14.8 Å². The molecule has 0 aliphatic heterocycles. The Morgan fingerprint density at radius 2 is 2.38 bits per heavy atom. The Labute approximate surface area is 96.1 Å². The minimum atomic E-state index is 0.265. The van der Waals surface area contributed by atoms with Gasteiger partial charge in [0, 0.05) is 13.0 Å². The average Bonchev–Trinajstić information content (AvgIpc) is 2.88. The van der Waals surface area contributed by atoms with Gasteiger partial charge in [0.1, 0.15) is 17.9 Å². The Bertz CT molecular complexity index is 372. The molecule has 2 atom stereocenters. The van der Waals surface area contributed by atoms with Crippen molar-refractivity contribution in [2.45, 2.75) is 39.0 Å². The fraction of sp³-hybridized carbons (Fsp3) is 0.750. The zero-order valence-corrected chi connectivity index (χ0v) is 10.0. The van der Waals surface area contributed by atoms with E-state index in [1.807, 2.05) is 7.05 Å². The van der Waals surface area contributed by atoms with Crippen molar-refractivity contribution < 1.29 is 4.79 Å². The zero-order valence-electron chi connectivity index (χ0n) is 10.0. The van der Waals surface area contributed by atoms with Gasteiger partial charge in [-0.3, -0.25) is 9.48 Å². The lowest BCUT2D eigenvalue weighted by Gasteiger charge is -2.08. The van der Waals surface area contributed by atoms with Crippen molar-refractivity contribution in [3.05, 3.63) is 12.2 Å². The van der Waals surface area contributed by atoms with Gasteiger partial charge in [-0.2, -0.15) is 5.10 Å². The molecule has 0 spiro atoms. The van der Waals surface area contributed by atoms with E-state index in [-0.39, 0.29) is 5.92 Å². The summed E-state index contributed by atoms with van der Waals surface area (Å²) < 4.78 is 1.68. The maximum absolute atomic E-state index is 12.0. The summed E-state index contributed by atoms with van der Waals surface area (Å²) in [4.78, 5) is 16.1. The fourth-order valence-electron chi connectivity index (χ4n) is 2.52. The molecule has 1 heterocycles. The zero-order chi connectivity index (χ0) is 11.5. The highest BCUT2D eigenvalue weighted by molar-refractivity contribution is 5.82. The summed E-state index contributed by atoms with van der Waals surface area (Å²) >= 11 is 0. The second kappa shape index (κ2) is 4.76. The highest BCUT2D eigenvalue weighted by Crippen LogP contribution is 2.33. The van der Waals surface area contributed by atoms with E-state index in [0.29, 0.717) is 12.2 Å². The van der Waals surface area contributed by atoms with E-state index in [0.717, 1.165) is 24.6 Å². The molecule has 2 rings (SSSR count). The third-order valence-electron chi connectivity index (χ3n) is 3.71. The van der Waals surface area contributed by atoms with E-state index in [2.05, 4.69) is 17.0 Å². The van der Waals surface area contributed by atoms with Crippen LogP contribution in [0.3, 0.4) is 0 Å². The lowest BCUT2D eigenvalue weighted by atomic mass is 9.97. The van der Waals surface area contributed by atoms with Crippen LogP contribution >= 0.6 is 0 Å². The first-order valence-corrected chi connectivity index (χ1v) is 6.06. The van der Waals surface area contributed by atoms with Crippen molar-refractivity contribution in [2.24, 2.45) is 18.9 Å². The molecule has 0 radical (unpaired) electrons. The highest BCUT2D eigenvalue weighted by Gasteiger charge is 2.29. The molecule has 1 saturated carbocycles. The van der Waals surface area contributed by atoms with Crippen molar-refractivity contribution in [2.75, 3.05) is 0 Å². The molecule has 0 amide bonds. The Kier molecular flexibility index (Phi) is 3.36. The number of aromatic nitrogens is 3. The summed E-state index contributed by atoms with van der Waals surface area (Å²) in [5.74, 6) is 2.15. The van der Waals surface area contributed by atoms with Crippen molar-refractivity contribution in [1.29, 1.82) is 0 Å². The summed E-state index contributed by atoms with van der Waals surface area (Å²) in [5, 5.41) is 3.98. The number of hydrogen-bond acceptors (Lipinski definition) is 3. The average molecular weight is 221 g/mol.